The Morgan fingerprint density at radius 1 is 0.750 bits per heavy atom. The molecule has 0 bridgehead atoms. The van der Waals surface area contributed by atoms with Crippen molar-refractivity contribution >= 4 is 23.1 Å². The fourth-order valence-corrected chi connectivity index (χ4v) is 0. The molecule has 0 aliphatic rings. The first kappa shape index (κ1) is 63.3. The van der Waals surface area contributed by atoms with Gasteiger partial charge in [-0.25, -0.2) is 0 Å². The van der Waals surface area contributed by atoms with Crippen molar-refractivity contribution in [2.75, 3.05) is 0 Å². The Bertz CT molecular complexity index is 6.00. The Labute approximate surface area is 51.2 Å². The van der Waals surface area contributed by atoms with Gasteiger partial charge in [-0.3, -0.25) is 0 Å². The first-order chi connectivity index (χ1) is 0. The second kappa shape index (κ2) is 29.7. The van der Waals surface area contributed by atoms with Crippen molar-refractivity contribution in [2.45, 2.75) is 0 Å². The van der Waals surface area contributed by atoms with Crippen LogP contribution in [0.15, 0.2) is 0 Å². The molecule has 1 radical (unpaired) electrons. The van der Waals surface area contributed by atoms with Crippen LogP contribution in [-0.2, 0) is 17.1 Å². The molecule has 0 fully saturated rings. The Morgan fingerprint density at radius 2 is 0.750 bits per heavy atom. The molecule has 0 heterocycles. The first-order valence-electron chi connectivity index (χ1n) is 0. The second-order valence-electron chi connectivity index (χ2n) is 0. The van der Waals surface area contributed by atoms with Gasteiger partial charge in [-0.15, -0.1) is 0 Å². The smallest absolute Gasteiger partial charge is 0.870 e. The predicted molar refractivity (Wildman–Crippen MR) is 9.63 cm³/mol. The number of hydrogen-bond donors (Lipinski definition) is 0. The molecule has 0 amide bonds. The minimum atomic E-state index is 0. The normalized spacial score (nSPS) is 0. The molecule has 0 aliphatic heterocycles. The maximum Gasteiger partial charge on any atom is 2.00 e. The van der Waals surface area contributed by atoms with Crippen molar-refractivity contribution in [3.63, 3.8) is 0 Å². The van der Waals surface area contributed by atoms with Crippen molar-refractivity contribution in [3.8, 4) is 0 Å². The van der Waals surface area contributed by atoms with E-state index in [0.717, 1.165) is 0 Å². The van der Waals surface area contributed by atoms with E-state index in [1.165, 1.54) is 0 Å². The number of rotatable bonds is 0. The fraction of sp³-hybridized carbons (Fsp3) is 0. The van der Waals surface area contributed by atoms with Crippen LogP contribution in [0.4, 0.5) is 0 Å². The fourth-order valence-electron chi connectivity index (χ4n) is 0. The zero-order valence-corrected chi connectivity index (χ0v) is 4.26. The van der Waals surface area contributed by atoms with Crippen LogP contribution in [0, 0.1) is 0 Å². The molecule has 0 rings (SSSR count). The maximum atomic E-state index is 0. The van der Waals surface area contributed by atoms with E-state index in [4.69, 9.17) is 0 Å². The molecule has 0 aromatic rings. The molecule has 2 N–H and O–H groups in total. The summed E-state index contributed by atoms with van der Waals surface area (Å²) in [5, 5.41) is 0. The summed E-state index contributed by atoms with van der Waals surface area (Å²) in [6.45, 7) is 0. The van der Waals surface area contributed by atoms with Gasteiger partial charge in [0, 0.05) is 17.1 Å². The van der Waals surface area contributed by atoms with Gasteiger partial charge >= 0.3 is 23.1 Å². The molecule has 0 saturated heterocycles. The standard InChI is InChI=1S/Cu.Mg.2H2O/h;;2*1H2/q;+2;;/p-2. The molecule has 4 heavy (non-hydrogen) atoms. The van der Waals surface area contributed by atoms with Crippen LogP contribution < -0.4 is 0 Å². The van der Waals surface area contributed by atoms with Crippen molar-refractivity contribution in [2.24, 2.45) is 0 Å². The third kappa shape index (κ3) is 10.7. The summed E-state index contributed by atoms with van der Waals surface area (Å²) in [6, 6.07) is 0. The van der Waals surface area contributed by atoms with E-state index in [9.17, 15) is 0 Å². The third-order valence-electron chi connectivity index (χ3n) is 0. The SMILES string of the molecule is [Cu].[Mg+2].[OH-].[OH-]. The largest absolute Gasteiger partial charge is 2.00 e. The molecule has 0 aromatic carbocycles. The van der Waals surface area contributed by atoms with E-state index in [-0.39, 0.29) is 51.1 Å². The summed E-state index contributed by atoms with van der Waals surface area (Å²) in [5.74, 6) is 0. The predicted octanol–water partition coefficient (Wildman–Crippen LogP) is -0.737. The third-order valence-corrected chi connectivity index (χ3v) is 0. The van der Waals surface area contributed by atoms with Gasteiger partial charge in [0.1, 0.15) is 0 Å². The van der Waals surface area contributed by atoms with E-state index in [1.54, 1.807) is 0 Å². The van der Waals surface area contributed by atoms with Gasteiger partial charge in [-0.2, -0.15) is 0 Å². The molecule has 0 aromatic heterocycles. The van der Waals surface area contributed by atoms with Crippen molar-refractivity contribution < 1.29 is 28.0 Å². The van der Waals surface area contributed by atoms with Gasteiger partial charge in [-0.1, -0.05) is 0 Å². The van der Waals surface area contributed by atoms with Gasteiger partial charge in [-0.05, 0) is 0 Å². The van der Waals surface area contributed by atoms with E-state index >= 15 is 0 Å². The van der Waals surface area contributed by atoms with Gasteiger partial charge in [0.25, 0.3) is 0 Å². The summed E-state index contributed by atoms with van der Waals surface area (Å²) in [6.07, 6.45) is 0. The summed E-state index contributed by atoms with van der Waals surface area (Å²) < 4.78 is 0. The van der Waals surface area contributed by atoms with Gasteiger partial charge < -0.3 is 11.0 Å². The molecule has 0 unspecified atom stereocenters. The molecule has 4 heteroatoms. The Morgan fingerprint density at radius 3 is 0.750 bits per heavy atom. The molecule has 0 saturated carbocycles. The monoisotopic (exact) mass is 121 g/mol. The van der Waals surface area contributed by atoms with Crippen molar-refractivity contribution in [1.82, 2.24) is 0 Å². The zero-order chi connectivity index (χ0) is 0. The van der Waals surface area contributed by atoms with Crippen LogP contribution in [0.3, 0.4) is 0 Å². The average Bonchev–Trinajstić information content (AvgIpc) is 0. The molecular weight excluding hydrogens is 120 g/mol. The van der Waals surface area contributed by atoms with Crippen LogP contribution >= 0.6 is 0 Å². The summed E-state index contributed by atoms with van der Waals surface area (Å²) in [7, 11) is 0. The zero-order valence-electron chi connectivity index (χ0n) is 1.90. The molecule has 0 spiro atoms. The quantitative estimate of drug-likeness (QED) is 0.397. The summed E-state index contributed by atoms with van der Waals surface area (Å²) >= 11 is 0. The molecular formula is H2CuMgO2. The van der Waals surface area contributed by atoms with Crippen molar-refractivity contribution in [3.05, 3.63) is 0 Å². The Balaban J connectivity index is 0. The van der Waals surface area contributed by atoms with E-state index in [1.807, 2.05) is 0 Å². The average molecular weight is 122 g/mol. The van der Waals surface area contributed by atoms with E-state index in [0.29, 0.717) is 0 Å². The van der Waals surface area contributed by atoms with Crippen molar-refractivity contribution in [1.29, 1.82) is 0 Å². The molecule has 2 nitrogen and oxygen atoms in total. The Kier molecular flexibility index (Phi) is 471. The van der Waals surface area contributed by atoms with E-state index < -0.39 is 0 Å². The van der Waals surface area contributed by atoms with E-state index in [2.05, 4.69) is 0 Å². The molecule has 27 valence electrons. The van der Waals surface area contributed by atoms with Gasteiger partial charge in [0.05, 0.1) is 0 Å². The van der Waals surface area contributed by atoms with Crippen LogP contribution in [0.1, 0.15) is 0 Å². The summed E-state index contributed by atoms with van der Waals surface area (Å²) in [5.41, 5.74) is 0. The minimum absolute atomic E-state index is 0. The van der Waals surface area contributed by atoms with Crippen LogP contribution in [0.5, 0.6) is 0 Å². The summed E-state index contributed by atoms with van der Waals surface area (Å²) in [4.78, 5) is 0. The maximum absolute atomic E-state index is 0. The van der Waals surface area contributed by atoms with Gasteiger partial charge in [0.15, 0.2) is 0 Å². The Hall–Kier alpha value is 1.21. The van der Waals surface area contributed by atoms with Crippen LogP contribution in [0.25, 0.3) is 0 Å². The molecule has 0 aliphatic carbocycles. The molecule has 0 atom stereocenters. The second-order valence-corrected chi connectivity index (χ2v) is 0. The topological polar surface area (TPSA) is 60.0 Å². The van der Waals surface area contributed by atoms with Crippen LogP contribution in [0.2, 0.25) is 0 Å². The number of hydrogen-bond acceptors (Lipinski definition) is 2. The van der Waals surface area contributed by atoms with Gasteiger partial charge in [0.2, 0.25) is 0 Å². The minimum Gasteiger partial charge on any atom is -0.870 e. The van der Waals surface area contributed by atoms with Crippen LogP contribution in [-0.4, -0.2) is 34.0 Å². The first-order valence-corrected chi connectivity index (χ1v) is 0.